The molecule has 0 bridgehead atoms. The highest BCUT2D eigenvalue weighted by Crippen LogP contribution is 2.31. The van der Waals surface area contributed by atoms with Gasteiger partial charge >= 0.3 is 5.69 Å². The molecule has 0 unspecified atom stereocenters. The van der Waals surface area contributed by atoms with E-state index in [9.17, 15) is 10.1 Å². The van der Waals surface area contributed by atoms with Crippen molar-refractivity contribution >= 4 is 22.4 Å². The monoisotopic (exact) mass is 264 g/mol. The van der Waals surface area contributed by atoms with Gasteiger partial charge in [0.05, 0.1) is 11.0 Å². The first-order valence-corrected chi connectivity index (χ1v) is 6.01. The van der Waals surface area contributed by atoms with E-state index in [1.165, 1.54) is 0 Å². The molecule has 0 aliphatic carbocycles. The first-order valence-electron chi connectivity index (χ1n) is 6.01. The molecule has 0 spiro atoms. The van der Waals surface area contributed by atoms with Crippen LogP contribution in [0.25, 0.3) is 11.0 Å². The number of rotatable bonds is 4. The molecule has 3 rings (SSSR count). The number of nitro groups is 1. The van der Waals surface area contributed by atoms with Gasteiger partial charge in [0.15, 0.2) is 0 Å². The lowest BCUT2D eigenvalue weighted by molar-refractivity contribution is -0.382. The molecule has 1 aromatic carbocycles. The van der Waals surface area contributed by atoms with Crippen LogP contribution in [-0.2, 0) is 4.74 Å². The largest absolute Gasteiger partial charge is 0.377 e. The highest BCUT2D eigenvalue weighted by molar-refractivity contribution is 5.90. The van der Waals surface area contributed by atoms with Crippen LogP contribution in [0.1, 0.15) is 12.8 Å². The quantitative estimate of drug-likeness (QED) is 0.662. The van der Waals surface area contributed by atoms with Gasteiger partial charge in [-0.2, -0.15) is 0 Å². The molecule has 0 radical (unpaired) electrons. The molecule has 0 saturated carbocycles. The van der Waals surface area contributed by atoms with Crippen molar-refractivity contribution in [2.45, 2.75) is 18.9 Å². The zero-order valence-electron chi connectivity index (χ0n) is 10.0. The second-order valence-corrected chi connectivity index (χ2v) is 4.37. The van der Waals surface area contributed by atoms with Gasteiger partial charge in [-0.05, 0) is 35.3 Å². The van der Waals surface area contributed by atoms with Crippen molar-refractivity contribution < 1.29 is 14.3 Å². The van der Waals surface area contributed by atoms with Gasteiger partial charge in [-0.1, -0.05) is 0 Å². The van der Waals surface area contributed by atoms with Crippen LogP contribution in [0.2, 0.25) is 0 Å². The van der Waals surface area contributed by atoms with Crippen molar-refractivity contribution in [3.63, 3.8) is 0 Å². The minimum atomic E-state index is -0.482. The van der Waals surface area contributed by atoms with Gasteiger partial charge in [-0.25, -0.2) is 4.63 Å². The molecule has 8 nitrogen and oxygen atoms in total. The normalized spacial score (nSPS) is 18.8. The van der Waals surface area contributed by atoms with E-state index in [1.807, 2.05) is 0 Å². The fraction of sp³-hybridized carbons (Fsp3) is 0.455. The SMILES string of the molecule is O=[N+]([O-])c1c(NC[C@@H]2CCCO2)ccc2nonc12. The number of benzene rings is 1. The van der Waals surface area contributed by atoms with Gasteiger partial charge in [-0.15, -0.1) is 0 Å². The smallest absolute Gasteiger partial charge is 0.323 e. The molecule has 1 aromatic heterocycles. The third-order valence-electron chi connectivity index (χ3n) is 3.13. The Hall–Kier alpha value is -2.22. The van der Waals surface area contributed by atoms with Crippen molar-refractivity contribution in [3.8, 4) is 0 Å². The molecule has 1 aliphatic rings. The lowest BCUT2D eigenvalue weighted by Crippen LogP contribution is -2.18. The Morgan fingerprint density at radius 2 is 2.37 bits per heavy atom. The molecule has 1 atom stereocenters. The summed E-state index contributed by atoms with van der Waals surface area (Å²) in [6.07, 6.45) is 2.10. The number of hydrogen-bond donors (Lipinski definition) is 1. The fourth-order valence-electron chi connectivity index (χ4n) is 2.19. The van der Waals surface area contributed by atoms with Crippen LogP contribution in [0, 0.1) is 10.1 Å². The maximum absolute atomic E-state index is 11.2. The lowest BCUT2D eigenvalue weighted by Gasteiger charge is -2.11. The summed E-state index contributed by atoms with van der Waals surface area (Å²) in [4.78, 5) is 10.7. The van der Waals surface area contributed by atoms with Crippen LogP contribution >= 0.6 is 0 Å². The standard InChI is InChI=1S/C11H12N4O4/c16-15(17)11-9(12-6-7-2-1-5-18-7)4-3-8-10(11)14-19-13-8/h3-4,7,12H,1-2,5-6H2/t7-/m0/s1. The van der Waals surface area contributed by atoms with Crippen LogP contribution in [0.5, 0.6) is 0 Å². The summed E-state index contributed by atoms with van der Waals surface area (Å²) in [5.74, 6) is 0. The summed E-state index contributed by atoms with van der Waals surface area (Å²) in [5, 5.41) is 21.4. The van der Waals surface area contributed by atoms with E-state index in [0.717, 1.165) is 19.4 Å². The number of nitrogens with one attached hydrogen (secondary N) is 1. The second kappa shape index (κ2) is 4.81. The van der Waals surface area contributed by atoms with E-state index in [0.29, 0.717) is 17.7 Å². The molecular formula is C11H12N4O4. The van der Waals surface area contributed by atoms with Crippen molar-refractivity contribution in [3.05, 3.63) is 22.2 Å². The molecule has 1 saturated heterocycles. The molecule has 8 heteroatoms. The highest BCUT2D eigenvalue weighted by Gasteiger charge is 2.23. The number of hydrogen-bond acceptors (Lipinski definition) is 7. The Morgan fingerprint density at radius 3 is 3.11 bits per heavy atom. The number of nitro benzene ring substituents is 1. The van der Waals surface area contributed by atoms with Gasteiger partial charge in [0.25, 0.3) is 0 Å². The summed E-state index contributed by atoms with van der Waals surface area (Å²) in [7, 11) is 0. The van der Waals surface area contributed by atoms with Gasteiger partial charge < -0.3 is 10.1 Å². The predicted octanol–water partition coefficient (Wildman–Crippen LogP) is 1.72. The van der Waals surface area contributed by atoms with Crippen molar-refractivity contribution in [1.82, 2.24) is 10.3 Å². The summed E-state index contributed by atoms with van der Waals surface area (Å²) in [6.45, 7) is 1.29. The average molecular weight is 264 g/mol. The number of ether oxygens (including phenoxy) is 1. The molecule has 1 fully saturated rings. The number of nitrogens with zero attached hydrogens (tertiary/aromatic N) is 3. The predicted molar refractivity (Wildman–Crippen MR) is 65.9 cm³/mol. The van der Waals surface area contributed by atoms with E-state index >= 15 is 0 Å². The van der Waals surface area contributed by atoms with E-state index in [4.69, 9.17) is 4.74 Å². The summed E-state index contributed by atoms with van der Waals surface area (Å²) in [5.41, 5.74) is 0.817. The number of anilines is 1. The van der Waals surface area contributed by atoms with Crippen molar-refractivity contribution in [2.75, 3.05) is 18.5 Å². The lowest BCUT2D eigenvalue weighted by atomic mass is 10.2. The van der Waals surface area contributed by atoms with E-state index in [1.54, 1.807) is 12.1 Å². The van der Waals surface area contributed by atoms with Gasteiger partial charge in [-0.3, -0.25) is 10.1 Å². The fourth-order valence-corrected chi connectivity index (χ4v) is 2.19. The topological polar surface area (TPSA) is 103 Å². The highest BCUT2D eigenvalue weighted by atomic mass is 16.6. The molecule has 2 aromatic rings. The first kappa shape index (κ1) is 11.8. The van der Waals surface area contributed by atoms with Crippen LogP contribution < -0.4 is 5.32 Å². The van der Waals surface area contributed by atoms with Crippen LogP contribution in [0.15, 0.2) is 16.8 Å². The molecular weight excluding hydrogens is 252 g/mol. The van der Waals surface area contributed by atoms with Crippen LogP contribution in [-0.4, -0.2) is 34.5 Å². The zero-order chi connectivity index (χ0) is 13.2. The Balaban J connectivity index is 1.88. The molecule has 100 valence electrons. The summed E-state index contributed by atoms with van der Waals surface area (Å²) >= 11 is 0. The minimum absolute atomic E-state index is 0.103. The van der Waals surface area contributed by atoms with Crippen LogP contribution in [0.4, 0.5) is 11.4 Å². The summed E-state index contributed by atoms with van der Waals surface area (Å²) < 4.78 is 10.0. The zero-order valence-corrected chi connectivity index (χ0v) is 10.0. The molecule has 19 heavy (non-hydrogen) atoms. The Bertz CT molecular complexity index is 606. The van der Waals surface area contributed by atoms with Crippen molar-refractivity contribution in [1.29, 1.82) is 0 Å². The second-order valence-electron chi connectivity index (χ2n) is 4.37. The molecule has 2 heterocycles. The summed E-state index contributed by atoms with van der Waals surface area (Å²) in [6, 6.07) is 3.25. The minimum Gasteiger partial charge on any atom is -0.377 e. The van der Waals surface area contributed by atoms with E-state index in [-0.39, 0.29) is 17.3 Å². The van der Waals surface area contributed by atoms with Gasteiger partial charge in [0.2, 0.25) is 5.52 Å². The van der Waals surface area contributed by atoms with Gasteiger partial charge in [0, 0.05) is 13.2 Å². The maximum Gasteiger partial charge on any atom is 0.323 e. The number of aromatic nitrogens is 2. The van der Waals surface area contributed by atoms with Crippen molar-refractivity contribution in [2.24, 2.45) is 0 Å². The van der Waals surface area contributed by atoms with E-state index in [2.05, 4.69) is 20.3 Å². The van der Waals surface area contributed by atoms with Crippen LogP contribution in [0.3, 0.4) is 0 Å². The number of fused-ring (bicyclic) bond motifs is 1. The third kappa shape index (κ3) is 2.22. The first-order chi connectivity index (χ1) is 9.25. The third-order valence-corrected chi connectivity index (χ3v) is 3.13. The Kier molecular flexibility index (Phi) is 3.00. The molecule has 1 N–H and O–H groups in total. The molecule has 1 aliphatic heterocycles. The average Bonchev–Trinajstić information content (AvgIpc) is 3.06. The Morgan fingerprint density at radius 1 is 1.47 bits per heavy atom. The maximum atomic E-state index is 11.2. The van der Waals surface area contributed by atoms with Gasteiger partial charge in [0.1, 0.15) is 11.2 Å². The molecule has 0 amide bonds. The van der Waals surface area contributed by atoms with E-state index < -0.39 is 4.92 Å². The Labute approximate surface area is 107 Å².